The predicted molar refractivity (Wildman–Crippen MR) is 133 cm³/mol. The number of furan rings is 1. The molecule has 0 saturated carbocycles. The van der Waals surface area contributed by atoms with E-state index in [1.807, 2.05) is 31.7 Å². The van der Waals surface area contributed by atoms with Crippen molar-refractivity contribution in [2.75, 3.05) is 18.6 Å². The molecule has 3 rings (SSSR count). The number of ether oxygens (including phenoxy) is 2. The monoisotopic (exact) mass is 454 g/mol. The summed E-state index contributed by atoms with van der Waals surface area (Å²) in [5, 5.41) is 1.14. The van der Waals surface area contributed by atoms with E-state index in [2.05, 4.69) is 44.4 Å². The molecule has 0 aliphatic heterocycles. The van der Waals surface area contributed by atoms with Gasteiger partial charge in [0, 0.05) is 17.4 Å². The number of rotatable bonds is 11. The number of fused-ring (bicyclic) bond motifs is 1. The summed E-state index contributed by atoms with van der Waals surface area (Å²) in [7, 11) is 0. The fourth-order valence-corrected chi connectivity index (χ4v) is 4.43. The molecule has 0 unspecified atom stereocenters. The van der Waals surface area contributed by atoms with E-state index in [1.165, 1.54) is 5.56 Å². The standard InChI is InChI=1S/C27H34O4S/c1-6-29-26(28)12-10-22-9-11-25(20(4)19(22)3)30-17-24-16-21(8-7-13-32-5)15-23-14-18(2)31-27(23)24/h9,11,14-16H,6-8,10,12-13,17H2,1-5H3. The molecule has 0 fully saturated rings. The first-order chi connectivity index (χ1) is 15.4. The molecule has 0 N–H and O–H groups in total. The van der Waals surface area contributed by atoms with Crippen molar-refractivity contribution in [1.29, 1.82) is 0 Å². The summed E-state index contributed by atoms with van der Waals surface area (Å²) in [6, 6.07) is 10.6. The summed E-state index contributed by atoms with van der Waals surface area (Å²) in [6.07, 6.45) is 5.44. The molecule has 5 heteroatoms. The van der Waals surface area contributed by atoms with Crippen molar-refractivity contribution in [1.82, 2.24) is 0 Å². The van der Waals surface area contributed by atoms with Crippen LogP contribution < -0.4 is 4.74 Å². The van der Waals surface area contributed by atoms with Crippen LogP contribution in [0, 0.1) is 20.8 Å². The number of aryl methyl sites for hydroxylation is 3. The highest BCUT2D eigenvalue weighted by Gasteiger charge is 2.13. The van der Waals surface area contributed by atoms with Crippen LogP contribution in [0.15, 0.2) is 34.7 Å². The maximum absolute atomic E-state index is 11.7. The summed E-state index contributed by atoms with van der Waals surface area (Å²) in [5.41, 5.74) is 6.75. The Morgan fingerprint density at radius 1 is 1.03 bits per heavy atom. The van der Waals surface area contributed by atoms with E-state index in [-0.39, 0.29) is 5.97 Å². The quantitative estimate of drug-likeness (QED) is 0.237. The molecule has 172 valence electrons. The van der Waals surface area contributed by atoms with Gasteiger partial charge in [0.25, 0.3) is 0 Å². The van der Waals surface area contributed by atoms with Crippen molar-refractivity contribution in [3.05, 3.63) is 63.9 Å². The zero-order chi connectivity index (χ0) is 23.1. The number of benzene rings is 2. The second kappa shape index (κ2) is 11.5. The number of thioether (sulfide) groups is 1. The van der Waals surface area contributed by atoms with Crippen LogP contribution in [0.2, 0.25) is 0 Å². The third-order valence-corrected chi connectivity index (χ3v) is 6.52. The Labute approximate surface area is 195 Å². The van der Waals surface area contributed by atoms with E-state index in [0.717, 1.165) is 63.3 Å². The van der Waals surface area contributed by atoms with Crippen LogP contribution in [0.3, 0.4) is 0 Å². The molecule has 0 amide bonds. The minimum Gasteiger partial charge on any atom is -0.488 e. The Balaban J connectivity index is 1.75. The van der Waals surface area contributed by atoms with Crippen LogP contribution in [0.1, 0.15) is 53.3 Å². The van der Waals surface area contributed by atoms with Gasteiger partial charge in [-0.1, -0.05) is 6.07 Å². The van der Waals surface area contributed by atoms with Crippen LogP contribution >= 0.6 is 11.8 Å². The third kappa shape index (κ3) is 6.10. The van der Waals surface area contributed by atoms with Gasteiger partial charge in [-0.2, -0.15) is 11.8 Å². The van der Waals surface area contributed by atoms with Crippen molar-refractivity contribution in [3.8, 4) is 5.75 Å². The smallest absolute Gasteiger partial charge is 0.306 e. The van der Waals surface area contributed by atoms with Crippen LogP contribution in [0.4, 0.5) is 0 Å². The molecular weight excluding hydrogens is 420 g/mol. The van der Waals surface area contributed by atoms with Gasteiger partial charge in [0.1, 0.15) is 23.7 Å². The maximum Gasteiger partial charge on any atom is 0.306 e. The SMILES string of the molecule is CCOC(=O)CCc1ccc(OCc2cc(CCCSC)cc3cc(C)oc23)c(C)c1C. The highest BCUT2D eigenvalue weighted by Crippen LogP contribution is 2.29. The van der Waals surface area contributed by atoms with Crippen molar-refractivity contribution in [2.45, 2.75) is 60.0 Å². The lowest BCUT2D eigenvalue weighted by molar-refractivity contribution is -0.143. The van der Waals surface area contributed by atoms with Gasteiger partial charge >= 0.3 is 5.97 Å². The molecule has 32 heavy (non-hydrogen) atoms. The zero-order valence-electron chi connectivity index (χ0n) is 19.9. The molecule has 0 atom stereocenters. The predicted octanol–water partition coefficient (Wildman–Crippen LogP) is 6.73. The lowest BCUT2D eigenvalue weighted by Crippen LogP contribution is -2.06. The minimum atomic E-state index is -0.153. The minimum absolute atomic E-state index is 0.153. The first kappa shape index (κ1) is 24.2. The van der Waals surface area contributed by atoms with E-state index < -0.39 is 0 Å². The number of hydrogen-bond acceptors (Lipinski definition) is 5. The van der Waals surface area contributed by atoms with Crippen LogP contribution in [-0.4, -0.2) is 24.6 Å². The fourth-order valence-electron chi connectivity index (χ4n) is 4.00. The van der Waals surface area contributed by atoms with Gasteiger partial charge < -0.3 is 13.9 Å². The first-order valence-electron chi connectivity index (χ1n) is 11.3. The first-order valence-corrected chi connectivity index (χ1v) is 12.7. The third-order valence-electron chi connectivity index (χ3n) is 5.83. The van der Waals surface area contributed by atoms with Gasteiger partial charge in [-0.05, 0) is 105 Å². The van der Waals surface area contributed by atoms with Crippen molar-refractivity contribution in [3.63, 3.8) is 0 Å². The summed E-state index contributed by atoms with van der Waals surface area (Å²) in [6.45, 7) is 8.86. The average molecular weight is 455 g/mol. The zero-order valence-corrected chi connectivity index (χ0v) is 20.7. The summed E-state index contributed by atoms with van der Waals surface area (Å²) in [4.78, 5) is 11.7. The van der Waals surface area contributed by atoms with Gasteiger partial charge in [-0.15, -0.1) is 0 Å². The molecule has 4 nitrogen and oxygen atoms in total. The van der Waals surface area contributed by atoms with E-state index in [9.17, 15) is 4.79 Å². The molecule has 1 aromatic heterocycles. The Bertz CT molecular complexity index is 1070. The Hall–Kier alpha value is -2.40. The molecule has 0 spiro atoms. The highest BCUT2D eigenvalue weighted by molar-refractivity contribution is 7.98. The van der Waals surface area contributed by atoms with Crippen LogP contribution in [0.5, 0.6) is 5.75 Å². The second-order valence-corrected chi connectivity index (χ2v) is 9.18. The Morgan fingerprint density at radius 2 is 1.84 bits per heavy atom. The summed E-state index contributed by atoms with van der Waals surface area (Å²) in [5.74, 6) is 2.79. The van der Waals surface area contributed by atoms with Gasteiger partial charge in [0.15, 0.2) is 0 Å². The molecule has 0 bridgehead atoms. The molecule has 1 heterocycles. The molecule has 0 aliphatic rings. The molecule has 0 aliphatic carbocycles. The van der Waals surface area contributed by atoms with Crippen LogP contribution in [0.25, 0.3) is 11.0 Å². The fraction of sp³-hybridized carbons (Fsp3) is 0.444. The van der Waals surface area contributed by atoms with E-state index in [0.29, 0.717) is 26.1 Å². The van der Waals surface area contributed by atoms with Crippen molar-refractivity contribution in [2.24, 2.45) is 0 Å². The molecule has 3 aromatic rings. The lowest BCUT2D eigenvalue weighted by atomic mass is 9.99. The maximum atomic E-state index is 11.7. The van der Waals surface area contributed by atoms with E-state index >= 15 is 0 Å². The molecular formula is C27H34O4S. The van der Waals surface area contributed by atoms with Gasteiger partial charge in [0.05, 0.1) is 6.61 Å². The number of hydrogen-bond donors (Lipinski definition) is 0. The Kier molecular flexibility index (Phi) is 8.68. The molecule has 0 saturated heterocycles. The largest absolute Gasteiger partial charge is 0.488 e. The molecule has 2 aromatic carbocycles. The van der Waals surface area contributed by atoms with Crippen molar-refractivity contribution >= 4 is 28.7 Å². The lowest BCUT2D eigenvalue weighted by Gasteiger charge is -2.15. The molecule has 0 radical (unpaired) electrons. The van der Waals surface area contributed by atoms with Gasteiger partial charge in [0.2, 0.25) is 0 Å². The van der Waals surface area contributed by atoms with Gasteiger partial charge in [-0.25, -0.2) is 0 Å². The highest BCUT2D eigenvalue weighted by atomic mass is 32.2. The number of carbonyl (C=O) groups is 1. The normalized spacial score (nSPS) is 11.2. The van der Waals surface area contributed by atoms with E-state index in [1.54, 1.807) is 0 Å². The average Bonchev–Trinajstić information content (AvgIpc) is 3.14. The number of esters is 1. The number of carbonyl (C=O) groups excluding carboxylic acids is 1. The Morgan fingerprint density at radius 3 is 2.59 bits per heavy atom. The topological polar surface area (TPSA) is 48.7 Å². The summed E-state index contributed by atoms with van der Waals surface area (Å²) >= 11 is 1.88. The van der Waals surface area contributed by atoms with E-state index in [4.69, 9.17) is 13.9 Å². The summed E-state index contributed by atoms with van der Waals surface area (Å²) < 4.78 is 17.3. The van der Waals surface area contributed by atoms with Gasteiger partial charge in [-0.3, -0.25) is 4.79 Å². The second-order valence-electron chi connectivity index (χ2n) is 8.19. The van der Waals surface area contributed by atoms with Crippen molar-refractivity contribution < 1.29 is 18.7 Å². The van der Waals surface area contributed by atoms with Crippen LogP contribution in [-0.2, 0) is 29.0 Å².